The Hall–Kier alpha value is -4.71. The third kappa shape index (κ3) is 4.77. The normalized spacial score (nSPS) is 11.3. The first-order valence-corrected chi connectivity index (χ1v) is 12.7. The van der Waals surface area contributed by atoms with Crippen molar-refractivity contribution in [3.05, 3.63) is 91.4 Å². The van der Waals surface area contributed by atoms with Crippen LogP contribution < -0.4 is 5.56 Å². The van der Waals surface area contributed by atoms with Gasteiger partial charge >= 0.3 is 12.1 Å². The number of benzene rings is 2. The summed E-state index contributed by atoms with van der Waals surface area (Å²) in [5.41, 5.74) is -0.161. The van der Waals surface area contributed by atoms with Crippen LogP contribution in [-0.2, 0) is 12.7 Å². The second kappa shape index (κ2) is 10.1. The number of fused-ring (bicyclic) bond motifs is 2. The number of aryl methyl sites for hydroxylation is 1. The zero-order chi connectivity index (χ0) is 28.8. The molecule has 0 aliphatic carbocycles. The van der Waals surface area contributed by atoms with Gasteiger partial charge in [0.2, 0.25) is 0 Å². The molecule has 3 heterocycles. The van der Waals surface area contributed by atoms with Crippen molar-refractivity contribution in [2.24, 2.45) is 0 Å². The van der Waals surface area contributed by atoms with E-state index < -0.39 is 28.8 Å². The number of carbonyl (C=O) groups is 1. The average Bonchev–Trinajstić information content (AvgIpc) is 3.34. The van der Waals surface area contributed by atoms with Gasteiger partial charge in [0.05, 0.1) is 44.4 Å². The Kier molecular flexibility index (Phi) is 6.80. The number of carboxylic acids is 1. The molecule has 5 aromatic rings. The molecule has 0 aliphatic rings. The highest BCUT2D eigenvalue weighted by Gasteiger charge is 2.32. The lowest BCUT2D eigenvalue weighted by Crippen LogP contribution is -2.24. The molecule has 0 bridgehead atoms. The summed E-state index contributed by atoms with van der Waals surface area (Å²) in [6, 6.07) is 9.77. The van der Waals surface area contributed by atoms with Crippen molar-refractivity contribution in [2.45, 2.75) is 19.6 Å². The summed E-state index contributed by atoms with van der Waals surface area (Å²) >= 11 is 7.49. The van der Waals surface area contributed by atoms with E-state index in [0.29, 0.717) is 38.0 Å². The third-order valence-corrected chi connectivity index (χ3v) is 7.35. The fourth-order valence-electron chi connectivity index (χ4n) is 4.25. The molecule has 0 atom stereocenters. The zero-order valence-corrected chi connectivity index (χ0v) is 21.9. The standard InChI is InChI=1S/C28H14ClF3N4O3S/c1-14-35-22-10-17(28(30,31)32)9-16(12-33)23(22)26(37)36(14)8-2-3-15-4-5-18(29)11-20(15)19-6-7-34-24-21(27(38)39)13-40-25(19)24/h4-7,9-11,13H,8H2,1H3,(H,38,39). The number of nitrogens with zero attached hydrogens (tertiary/aromatic N) is 4. The first-order chi connectivity index (χ1) is 19.0. The van der Waals surface area contributed by atoms with Gasteiger partial charge in [0, 0.05) is 33.3 Å². The third-order valence-electron chi connectivity index (χ3n) is 6.11. The average molecular weight is 579 g/mol. The van der Waals surface area contributed by atoms with E-state index in [2.05, 4.69) is 21.8 Å². The molecule has 0 spiro atoms. The number of nitriles is 1. The van der Waals surface area contributed by atoms with Crippen molar-refractivity contribution in [3.63, 3.8) is 0 Å². The number of halogens is 4. The first kappa shape index (κ1) is 26.9. The molecule has 7 nitrogen and oxygen atoms in total. The van der Waals surface area contributed by atoms with Crippen LogP contribution in [0.2, 0.25) is 5.02 Å². The summed E-state index contributed by atoms with van der Waals surface area (Å²) in [6.07, 6.45) is -3.21. The molecule has 0 unspecified atom stereocenters. The Morgan fingerprint density at radius 1 is 1.18 bits per heavy atom. The van der Waals surface area contributed by atoms with Crippen LogP contribution >= 0.6 is 22.9 Å². The first-order valence-electron chi connectivity index (χ1n) is 11.4. The quantitative estimate of drug-likeness (QED) is 0.253. The van der Waals surface area contributed by atoms with Crippen LogP contribution in [0.5, 0.6) is 0 Å². The van der Waals surface area contributed by atoms with Crippen molar-refractivity contribution >= 4 is 50.0 Å². The van der Waals surface area contributed by atoms with Gasteiger partial charge in [-0.25, -0.2) is 9.78 Å². The van der Waals surface area contributed by atoms with Gasteiger partial charge in [0.1, 0.15) is 11.9 Å². The molecule has 40 heavy (non-hydrogen) atoms. The molecular weight excluding hydrogens is 565 g/mol. The number of hydrogen-bond donors (Lipinski definition) is 1. The van der Waals surface area contributed by atoms with E-state index in [4.69, 9.17) is 11.6 Å². The van der Waals surface area contributed by atoms with E-state index in [1.165, 1.54) is 34.4 Å². The van der Waals surface area contributed by atoms with Gasteiger partial charge < -0.3 is 5.11 Å². The van der Waals surface area contributed by atoms with Gasteiger partial charge in [-0.1, -0.05) is 23.4 Å². The Morgan fingerprint density at radius 3 is 2.65 bits per heavy atom. The van der Waals surface area contributed by atoms with Gasteiger partial charge in [-0.15, -0.1) is 11.3 Å². The molecule has 0 saturated heterocycles. The van der Waals surface area contributed by atoms with Crippen molar-refractivity contribution in [1.29, 1.82) is 5.26 Å². The minimum Gasteiger partial charge on any atom is -0.478 e. The van der Waals surface area contributed by atoms with E-state index in [1.807, 2.05) is 0 Å². The van der Waals surface area contributed by atoms with Crippen LogP contribution in [0.1, 0.15) is 32.9 Å². The molecule has 12 heteroatoms. The molecule has 0 saturated carbocycles. The molecule has 198 valence electrons. The van der Waals surface area contributed by atoms with E-state index in [1.54, 1.807) is 30.3 Å². The van der Waals surface area contributed by atoms with Crippen LogP contribution in [0.3, 0.4) is 0 Å². The second-order valence-electron chi connectivity index (χ2n) is 8.56. The highest BCUT2D eigenvalue weighted by atomic mass is 35.5. The van der Waals surface area contributed by atoms with Crippen LogP contribution in [0.15, 0.2) is 52.8 Å². The number of rotatable bonds is 3. The summed E-state index contributed by atoms with van der Waals surface area (Å²) in [5, 5.41) is 20.6. The van der Waals surface area contributed by atoms with E-state index in [9.17, 15) is 33.1 Å². The largest absolute Gasteiger partial charge is 0.478 e. The highest BCUT2D eigenvalue weighted by Crippen LogP contribution is 2.36. The molecular formula is C28H14ClF3N4O3S. The molecule has 0 fully saturated rings. The number of aromatic nitrogens is 3. The molecule has 2 aromatic carbocycles. The predicted octanol–water partition coefficient (Wildman–Crippen LogP) is 6.28. The molecule has 5 rings (SSSR count). The maximum atomic E-state index is 13.3. The Labute approximate surface area is 232 Å². The summed E-state index contributed by atoms with van der Waals surface area (Å²) in [4.78, 5) is 33.2. The summed E-state index contributed by atoms with van der Waals surface area (Å²) < 4.78 is 41.6. The maximum absolute atomic E-state index is 13.3. The molecule has 3 aromatic heterocycles. The summed E-state index contributed by atoms with van der Waals surface area (Å²) in [5.74, 6) is 4.93. The molecule has 0 aliphatic heterocycles. The summed E-state index contributed by atoms with van der Waals surface area (Å²) in [7, 11) is 0. The zero-order valence-electron chi connectivity index (χ0n) is 20.3. The molecule has 1 N–H and O–H groups in total. The van der Waals surface area contributed by atoms with Crippen molar-refractivity contribution < 1.29 is 23.1 Å². The molecule has 0 radical (unpaired) electrons. The number of thiophene rings is 1. The Balaban J connectivity index is 1.59. The van der Waals surface area contributed by atoms with Crippen LogP contribution in [0.4, 0.5) is 13.2 Å². The predicted molar refractivity (Wildman–Crippen MR) is 144 cm³/mol. The number of aromatic carboxylic acids is 1. The lowest BCUT2D eigenvalue weighted by atomic mass is 10.00. The topological polar surface area (TPSA) is 109 Å². The van der Waals surface area contributed by atoms with Crippen molar-refractivity contribution in [1.82, 2.24) is 14.5 Å². The fraction of sp³-hybridized carbons (Fsp3) is 0.107. The smallest absolute Gasteiger partial charge is 0.416 e. The van der Waals surface area contributed by atoms with Gasteiger partial charge in [0.25, 0.3) is 5.56 Å². The van der Waals surface area contributed by atoms with Gasteiger partial charge in [-0.3, -0.25) is 14.3 Å². The lowest BCUT2D eigenvalue weighted by molar-refractivity contribution is -0.137. The van der Waals surface area contributed by atoms with Crippen LogP contribution in [0, 0.1) is 30.1 Å². The fourth-order valence-corrected chi connectivity index (χ4v) is 5.45. The lowest BCUT2D eigenvalue weighted by Gasteiger charge is -2.12. The number of hydrogen-bond acceptors (Lipinski definition) is 6. The Morgan fingerprint density at radius 2 is 1.95 bits per heavy atom. The monoisotopic (exact) mass is 578 g/mol. The van der Waals surface area contributed by atoms with Gasteiger partial charge in [0.15, 0.2) is 0 Å². The maximum Gasteiger partial charge on any atom is 0.416 e. The van der Waals surface area contributed by atoms with Crippen molar-refractivity contribution in [3.8, 4) is 29.0 Å². The molecule has 0 amide bonds. The van der Waals surface area contributed by atoms with E-state index in [0.717, 1.165) is 6.07 Å². The SMILES string of the molecule is Cc1nc2cc(C(F)(F)F)cc(C#N)c2c(=O)n1CC#Cc1ccc(Cl)cc1-c1ccnc2c(C(=O)O)csc12. The van der Waals surface area contributed by atoms with Crippen molar-refractivity contribution in [2.75, 3.05) is 0 Å². The van der Waals surface area contributed by atoms with Gasteiger partial charge in [-0.05, 0) is 43.3 Å². The van der Waals surface area contributed by atoms with Crippen LogP contribution in [-0.4, -0.2) is 25.6 Å². The number of pyridine rings is 1. The highest BCUT2D eigenvalue weighted by molar-refractivity contribution is 7.18. The number of alkyl halides is 3. The van der Waals surface area contributed by atoms with E-state index >= 15 is 0 Å². The second-order valence-corrected chi connectivity index (χ2v) is 9.88. The minimum atomic E-state index is -4.70. The Bertz CT molecular complexity index is 2030. The van der Waals surface area contributed by atoms with Crippen LogP contribution in [0.25, 0.3) is 32.2 Å². The van der Waals surface area contributed by atoms with E-state index in [-0.39, 0.29) is 28.8 Å². The summed E-state index contributed by atoms with van der Waals surface area (Å²) in [6.45, 7) is 1.31. The van der Waals surface area contributed by atoms with Gasteiger partial charge in [-0.2, -0.15) is 18.4 Å². The number of carboxylic acid groups (broad SMARTS) is 1. The minimum absolute atomic E-state index is 0.0780.